The molecule has 1 heterocycles. The van der Waals surface area contributed by atoms with Crippen LogP contribution in [0, 0.1) is 0 Å². The highest BCUT2D eigenvalue weighted by molar-refractivity contribution is 5.96. The summed E-state index contributed by atoms with van der Waals surface area (Å²) in [6.45, 7) is -0.915. The number of hydrogen-bond acceptors (Lipinski definition) is 3. The molecule has 1 atom stereocenters. The first kappa shape index (κ1) is 13.7. The third-order valence-corrected chi connectivity index (χ3v) is 2.71. The molecule has 1 aliphatic heterocycles. The molecule has 0 radical (unpaired) electrons. The Morgan fingerprint density at radius 2 is 1.95 bits per heavy atom. The molecule has 1 aromatic carbocycles. The normalized spacial score (nSPS) is 19.9. The van der Waals surface area contributed by atoms with Crippen molar-refractivity contribution in [3.63, 3.8) is 0 Å². The monoisotopic (exact) mass is 274 g/mol. The molecule has 2 rings (SSSR count). The highest BCUT2D eigenvalue weighted by Gasteiger charge is 2.29. The second-order valence-electron chi connectivity index (χ2n) is 4.37. The third kappa shape index (κ3) is 3.60. The Hall–Kier alpha value is -1.76. The van der Waals surface area contributed by atoms with Crippen molar-refractivity contribution in [3.05, 3.63) is 24.3 Å². The van der Waals surface area contributed by atoms with E-state index < -0.39 is 12.8 Å². The molecule has 1 aromatic rings. The third-order valence-electron chi connectivity index (χ3n) is 2.71. The Morgan fingerprint density at radius 3 is 2.42 bits per heavy atom. The second kappa shape index (κ2) is 5.08. The maximum Gasteiger partial charge on any atom is 0.422 e. The van der Waals surface area contributed by atoms with Gasteiger partial charge in [0.2, 0.25) is 5.91 Å². The molecule has 4 nitrogen and oxygen atoms in total. The SMILES string of the molecule is NC1CC(=O)N(c2ccc(OCC(F)(F)F)cc2)C1. The number of ether oxygens (including phenoxy) is 1. The van der Waals surface area contributed by atoms with Gasteiger partial charge >= 0.3 is 6.18 Å². The van der Waals surface area contributed by atoms with Gasteiger partial charge in [-0.3, -0.25) is 4.79 Å². The van der Waals surface area contributed by atoms with Gasteiger partial charge in [0.1, 0.15) is 5.75 Å². The predicted octanol–water partition coefficient (Wildman–Crippen LogP) is 1.69. The number of anilines is 1. The van der Waals surface area contributed by atoms with Crippen LogP contribution in [-0.4, -0.2) is 31.3 Å². The first-order valence-electron chi connectivity index (χ1n) is 5.71. The van der Waals surface area contributed by atoms with Crippen LogP contribution in [0.25, 0.3) is 0 Å². The first-order chi connectivity index (χ1) is 8.85. The van der Waals surface area contributed by atoms with Crippen LogP contribution in [0.1, 0.15) is 6.42 Å². The first-order valence-corrected chi connectivity index (χ1v) is 5.71. The number of nitrogens with two attached hydrogens (primary N) is 1. The lowest BCUT2D eigenvalue weighted by Crippen LogP contribution is -2.27. The van der Waals surface area contributed by atoms with Crippen LogP contribution in [0.5, 0.6) is 5.75 Å². The van der Waals surface area contributed by atoms with E-state index in [0.717, 1.165) is 0 Å². The van der Waals surface area contributed by atoms with Crippen LogP contribution < -0.4 is 15.4 Å². The van der Waals surface area contributed by atoms with Gasteiger partial charge in [0, 0.05) is 24.7 Å². The lowest BCUT2D eigenvalue weighted by molar-refractivity contribution is -0.153. The van der Waals surface area contributed by atoms with E-state index in [1.165, 1.54) is 17.0 Å². The zero-order valence-electron chi connectivity index (χ0n) is 9.98. The van der Waals surface area contributed by atoms with Gasteiger partial charge in [0.25, 0.3) is 0 Å². The van der Waals surface area contributed by atoms with Crippen molar-refractivity contribution in [1.82, 2.24) is 0 Å². The number of halogens is 3. The van der Waals surface area contributed by atoms with Gasteiger partial charge in [-0.25, -0.2) is 0 Å². The van der Waals surface area contributed by atoms with Gasteiger partial charge in [-0.1, -0.05) is 0 Å². The standard InChI is InChI=1S/C12H13F3N2O2/c13-12(14,15)7-19-10-3-1-9(2-4-10)17-6-8(16)5-11(17)18/h1-4,8H,5-7,16H2. The maximum atomic E-state index is 12.0. The number of carbonyl (C=O) groups is 1. The topological polar surface area (TPSA) is 55.6 Å². The number of rotatable bonds is 3. The lowest BCUT2D eigenvalue weighted by atomic mass is 10.3. The fourth-order valence-corrected chi connectivity index (χ4v) is 1.87. The van der Waals surface area contributed by atoms with Crippen molar-refractivity contribution in [2.24, 2.45) is 5.73 Å². The van der Waals surface area contributed by atoms with Gasteiger partial charge < -0.3 is 15.4 Å². The fraction of sp³-hybridized carbons (Fsp3) is 0.417. The maximum absolute atomic E-state index is 12.0. The summed E-state index contributed by atoms with van der Waals surface area (Å²) in [4.78, 5) is 13.1. The summed E-state index contributed by atoms with van der Waals surface area (Å²) >= 11 is 0. The van der Waals surface area contributed by atoms with Crippen LogP contribution in [0.3, 0.4) is 0 Å². The molecule has 0 spiro atoms. The average Bonchev–Trinajstić information content (AvgIpc) is 2.66. The van der Waals surface area contributed by atoms with Gasteiger partial charge in [0.15, 0.2) is 6.61 Å². The number of amides is 1. The van der Waals surface area contributed by atoms with E-state index in [4.69, 9.17) is 5.73 Å². The summed E-state index contributed by atoms with van der Waals surface area (Å²) in [5.74, 6) is 0.0217. The number of nitrogens with zero attached hydrogens (tertiary/aromatic N) is 1. The Morgan fingerprint density at radius 1 is 1.32 bits per heavy atom. The van der Waals surface area contributed by atoms with Crippen molar-refractivity contribution in [1.29, 1.82) is 0 Å². The van der Waals surface area contributed by atoms with Gasteiger partial charge in [-0.2, -0.15) is 13.2 Å². The predicted molar refractivity (Wildman–Crippen MR) is 62.9 cm³/mol. The van der Waals surface area contributed by atoms with Crippen molar-refractivity contribution in [2.45, 2.75) is 18.6 Å². The molecule has 7 heteroatoms. The molecular formula is C12H13F3N2O2. The van der Waals surface area contributed by atoms with E-state index in [1.54, 1.807) is 12.1 Å². The lowest BCUT2D eigenvalue weighted by Gasteiger charge is -2.16. The zero-order chi connectivity index (χ0) is 14.0. The molecule has 1 saturated heterocycles. The van der Waals surface area contributed by atoms with E-state index >= 15 is 0 Å². The summed E-state index contributed by atoms with van der Waals surface area (Å²) in [7, 11) is 0. The van der Waals surface area contributed by atoms with Gasteiger partial charge in [-0.05, 0) is 24.3 Å². The molecular weight excluding hydrogens is 261 g/mol. The minimum absolute atomic E-state index is 0.0866. The van der Waals surface area contributed by atoms with Gasteiger partial charge in [0.05, 0.1) is 0 Å². The summed E-state index contributed by atoms with van der Waals surface area (Å²) in [5, 5.41) is 0. The molecule has 1 aliphatic rings. The highest BCUT2D eigenvalue weighted by Crippen LogP contribution is 2.24. The smallest absolute Gasteiger partial charge is 0.422 e. The van der Waals surface area contributed by atoms with Crippen molar-refractivity contribution < 1.29 is 22.7 Å². The minimum Gasteiger partial charge on any atom is -0.484 e. The number of carbonyl (C=O) groups excluding carboxylic acids is 1. The van der Waals surface area contributed by atoms with Crippen molar-refractivity contribution >= 4 is 11.6 Å². The van der Waals surface area contributed by atoms with Crippen LogP contribution in [0.2, 0.25) is 0 Å². The van der Waals surface area contributed by atoms with Crippen molar-refractivity contribution in [3.8, 4) is 5.75 Å². The molecule has 0 aromatic heterocycles. The summed E-state index contributed by atoms with van der Waals surface area (Å²) < 4.78 is 40.5. The van der Waals surface area contributed by atoms with E-state index in [2.05, 4.69) is 4.74 Å². The fourth-order valence-electron chi connectivity index (χ4n) is 1.87. The van der Waals surface area contributed by atoms with Crippen molar-refractivity contribution in [2.75, 3.05) is 18.1 Å². The summed E-state index contributed by atoms with van der Waals surface area (Å²) in [6, 6.07) is 5.69. The van der Waals surface area contributed by atoms with Crippen LogP contribution in [-0.2, 0) is 4.79 Å². The van der Waals surface area contributed by atoms with Crippen LogP contribution >= 0.6 is 0 Å². The molecule has 19 heavy (non-hydrogen) atoms. The second-order valence-corrected chi connectivity index (χ2v) is 4.37. The molecule has 0 bridgehead atoms. The highest BCUT2D eigenvalue weighted by atomic mass is 19.4. The molecule has 0 aliphatic carbocycles. The van der Waals surface area contributed by atoms with Crippen LogP contribution in [0.15, 0.2) is 24.3 Å². The quantitative estimate of drug-likeness (QED) is 0.912. The van der Waals surface area contributed by atoms with E-state index in [1.807, 2.05) is 0 Å². The van der Waals surface area contributed by atoms with Gasteiger partial charge in [-0.15, -0.1) is 0 Å². The zero-order valence-corrected chi connectivity index (χ0v) is 9.98. The molecule has 0 saturated carbocycles. The Balaban J connectivity index is 2.01. The minimum atomic E-state index is -4.36. The number of benzene rings is 1. The largest absolute Gasteiger partial charge is 0.484 e. The molecule has 104 valence electrons. The number of alkyl halides is 3. The molecule has 1 amide bonds. The summed E-state index contributed by atoms with van der Waals surface area (Å²) in [6.07, 6.45) is -4.08. The Kier molecular flexibility index (Phi) is 3.66. The molecule has 1 unspecified atom stereocenters. The average molecular weight is 274 g/mol. The summed E-state index contributed by atoms with van der Waals surface area (Å²) in [5.41, 5.74) is 6.27. The number of hydrogen-bond donors (Lipinski definition) is 1. The van der Waals surface area contributed by atoms with E-state index in [9.17, 15) is 18.0 Å². The van der Waals surface area contributed by atoms with E-state index in [-0.39, 0.29) is 24.1 Å². The van der Waals surface area contributed by atoms with Crippen LogP contribution in [0.4, 0.5) is 18.9 Å². The molecule has 2 N–H and O–H groups in total. The Bertz CT molecular complexity index is 459. The molecule has 1 fully saturated rings. The Labute approximate surface area is 107 Å². The van der Waals surface area contributed by atoms with E-state index in [0.29, 0.717) is 12.2 Å².